The van der Waals surface area contributed by atoms with Crippen LogP contribution in [0.3, 0.4) is 0 Å². The van der Waals surface area contributed by atoms with Crippen LogP contribution in [0, 0.1) is 0 Å². The molecular weight excluding hydrogens is 361 g/mol. The predicted octanol–water partition coefficient (Wildman–Crippen LogP) is -1.32. The SMILES string of the molecule is [CH3][Ga].[Ga].[Ga].[Ga].[Ga]. The molecule has 0 rings (SSSR count). The topological polar surface area (TPSA) is 0 Å². The fourth-order valence-electron chi connectivity index (χ4n) is 0. The molecule has 6 heavy (non-hydrogen) atoms. The van der Waals surface area contributed by atoms with Gasteiger partial charge in [-0.15, -0.1) is 0 Å². The summed E-state index contributed by atoms with van der Waals surface area (Å²) in [7, 11) is 0. The monoisotopic (exact) mass is 360 g/mol. The molecule has 0 spiro atoms. The fourth-order valence-corrected chi connectivity index (χ4v) is 0. The molecule has 0 aromatic carbocycles. The van der Waals surface area contributed by atoms with Gasteiger partial charge in [0, 0.05) is 79.2 Å². The molecule has 0 nitrogen and oxygen atoms in total. The van der Waals surface area contributed by atoms with Crippen molar-refractivity contribution in [3.8, 4) is 0 Å². The molecule has 0 aliphatic heterocycles. The largest absolute Gasteiger partial charge is 0 e. The average Bonchev–Trinajstić information content (AvgIpc) is 1.00. The normalized spacial score (nSPS) is 0.833. The summed E-state index contributed by atoms with van der Waals surface area (Å²) in [6.07, 6.45) is 0. The minimum Gasteiger partial charge on any atom is 0 e. The Morgan fingerprint density at radius 1 is 0.667 bits per heavy atom. The van der Waals surface area contributed by atoms with E-state index in [1.165, 1.54) is 0 Å². The van der Waals surface area contributed by atoms with E-state index in [-0.39, 0.29) is 79.2 Å². The van der Waals surface area contributed by atoms with E-state index in [1.807, 2.05) is 0 Å². The van der Waals surface area contributed by atoms with Crippen molar-refractivity contribution >= 4 is 97.8 Å². The van der Waals surface area contributed by atoms with Gasteiger partial charge in [-0.25, -0.2) is 0 Å². The molecule has 0 aromatic rings. The van der Waals surface area contributed by atoms with Crippen LogP contribution in [0.15, 0.2) is 0 Å². The van der Waals surface area contributed by atoms with E-state index in [1.54, 1.807) is 18.6 Å². The van der Waals surface area contributed by atoms with Crippen molar-refractivity contribution < 1.29 is 0 Å². The second-order valence-corrected chi connectivity index (χ2v) is 0. The van der Waals surface area contributed by atoms with Crippen LogP contribution < -0.4 is 0 Å². The average molecular weight is 364 g/mol. The molecule has 0 N–H and O–H groups in total. The summed E-state index contributed by atoms with van der Waals surface area (Å²) in [5.74, 6) is 0. The van der Waals surface area contributed by atoms with E-state index >= 15 is 0 Å². The predicted molar refractivity (Wildman–Crippen MR) is 34.6 cm³/mol. The number of hydrogen-bond donors (Lipinski definition) is 0. The van der Waals surface area contributed by atoms with Gasteiger partial charge in [0.25, 0.3) is 0 Å². The summed E-state index contributed by atoms with van der Waals surface area (Å²) >= 11 is 1.69. The molecule has 0 heterocycles. The van der Waals surface area contributed by atoms with Gasteiger partial charge in [0.1, 0.15) is 0 Å². The molecule has 5 heteroatoms. The molecule has 22 valence electrons. The first-order valence-corrected chi connectivity index (χ1v) is 3.00. The molecule has 0 aliphatic carbocycles. The van der Waals surface area contributed by atoms with Gasteiger partial charge < -0.3 is 0 Å². The van der Waals surface area contributed by atoms with Crippen LogP contribution in [0.5, 0.6) is 0 Å². The first-order valence-electron chi connectivity index (χ1n) is 0.577. The van der Waals surface area contributed by atoms with Gasteiger partial charge in [-0.2, -0.15) is 0 Å². The molecule has 0 saturated heterocycles. The molecule has 0 bridgehead atoms. The minimum absolute atomic E-state index is 0. The van der Waals surface area contributed by atoms with Crippen molar-refractivity contribution in [1.82, 2.24) is 0 Å². The Kier molecular flexibility index (Phi) is 244. The molecule has 0 atom stereocenters. The van der Waals surface area contributed by atoms with Crippen LogP contribution in [0.1, 0.15) is 0 Å². The molecule has 0 aliphatic rings. The van der Waals surface area contributed by atoms with Crippen LogP contribution in [0.25, 0.3) is 0 Å². The van der Waals surface area contributed by atoms with E-state index in [4.69, 9.17) is 0 Å². The van der Waals surface area contributed by atoms with Gasteiger partial charge in [0.05, 0.1) is 0 Å². The Balaban J connectivity index is -0.000000000833. The smallest absolute Gasteiger partial charge is 0 e. The fraction of sp³-hybridized carbons (Fsp3) is 1.00. The maximum Gasteiger partial charge on any atom is 0 e. The molecule has 14 radical (unpaired) electrons. The Hall–Kier alpha value is 3.18. The van der Waals surface area contributed by atoms with Gasteiger partial charge in [-0.05, 0) is 0 Å². The zero-order valence-corrected chi connectivity index (χ0v) is 16.0. The third-order valence-electron chi connectivity index (χ3n) is 0. The molecule has 0 fully saturated rings. The number of rotatable bonds is 0. The quantitative estimate of drug-likeness (QED) is 0.469. The van der Waals surface area contributed by atoms with E-state index in [9.17, 15) is 0 Å². The van der Waals surface area contributed by atoms with E-state index in [2.05, 4.69) is 5.48 Å². The van der Waals surface area contributed by atoms with Gasteiger partial charge in [0.15, 0.2) is 0 Å². The van der Waals surface area contributed by atoms with Crippen molar-refractivity contribution in [2.24, 2.45) is 0 Å². The van der Waals surface area contributed by atoms with Gasteiger partial charge in [-0.1, -0.05) is 0 Å². The van der Waals surface area contributed by atoms with Crippen molar-refractivity contribution in [2.75, 3.05) is 0 Å². The molecule has 0 amide bonds. The van der Waals surface area contributed by atoms with Crippen LogP contribution in [0.2, 0.25) is 5.48 Å². The van der Waals surface area contributed by atoms with Crippen LogP contribution >= 0.6 is 0 Å². The summed E-state index contributed by atoms with van der Waals surface area (Å²) in [5, 5.41) is 0. The summed E-state index contributed by atoms with van der Waals surface area (Å²) in [6, 6.07) is 0. The van der Waals surface area contributed by atoms with Crippen LogP contribution in [-0.4, -0.2) is 97.8 Å². The Morgan fingerprint density at radius 2 is 0.667 bits per heavy atom. The number of hydrogen-bond acceptors (Lipinski definition) is 0. The second kappa shape index (κ2) is 41.7. The van der Waals surface area contributed by atoms with Crippen LogP contribution in [-0.2, 0) is 0 Å². The van der Waals surface area contributed by atoms with Crippen LogP contribution in [0.4, 0.5) is 0 Å². The third kappa shape index (κ3) is 27.1. The zero-order chi connectivity index (χ0) is 2.00. The Bertz CT molecular complexity index is 3.90. The molecule has 0 saturated carbocycles. The van der Waals surface area contributed by atoms with Crippen molar-refractivity contribution in [2.45, 2.75) is 5.48 Å². The van der Waals surface area contributed by atoms with Crippen molar-refractivity contribution in [3.63, 3.8) is 0 Å². The van der Waals surface area contributed by atoms with Gasteiger partial charge >= 0.3 is 24.1 Å². The van der Waals surface area contributed by atoms with E-state index in [0.717, 1.165) is 0 Å². The summed E-state index contributed by atoms with van der Waals surface area (Å²) in [4.78, 5) is 0. The summed E-state index contributed by atoms with van der Waals surface area (Å²) in [5.41, 5.74) is 2.06. The molecular formula is CH3Ga5. The molecule has 0 aromatic heterocycles. The Morgan fingerprint density at radius 3 is 0.667 bits per heavy atom. The second-order valence-electron chi connectivity index (χ2n) is 0. The first-order chi connectivity index (χ1) is 1.00. The minimum atomic E-state index is 0. The van der Waals surface area contributed by atoms with E-state index < -0.39 is 0 Å². The van der Waals surface area contributed by atoms with E-state index in [0.29, 0.717) is 0 Å². The zero-order valence-electron chi connectivity index (χ0n) is 3.89. The van der Waals surface area contributed by atoms with Crippen molar-refractivity contribution in [1.29, 1.82) is 0 Å². The maximum absolute atomic E-state index is 2.06. The third-order valence-corrected chi connectivity index (χ3v) is 0. The standard InChI is InChI=1S/CH3.5Ga/h1H3;;;;;. The first kappa shape index (κ1) is 35.1. The maximum atomic E-state index is 2.06. The Labute approximate surface area is 101 Å². The summed E-state index contributed by atoms with van der Waals surface area (Å²) in [6.45, 7) is 0. The van der Waals surface area contributed by atoms with Gasteiger partial charge in [0.2, 0.25) is 0 Å². The van der Waals surface area contributed by atoms with Gasteiger partial charge in [-0.3, -0.25) is 0 Å². The summed E-state index contributed by atoms with van der Waals surface area (Å²) < 4.78 is 0. The molecule has 0 unspecified atom stereocenters. The van der Waals surface area contributed by atoms with Crippen molar-refractivity contribution in [3.05, 3.63) is 0 Å².